The molecule has 3 N–H and O–H groups in total. The van der Waals surface area contributed by atoms with Crippen LogP contribution < -0.4 is 11.1 Å². The molecule has 0 spiro atoms. The Labute approximate surface area is 123 Å². The van der Waals surface area contributed by atoms with Crippen molar-refractivity contribution in [2.24, 2.45) is 0 Å². The zero-order chi connectivity index (χ0) is 14.1. The molecule has 0 aliphatic heterocycles. The Morgan fingerprint density at radius 1 is 1.47 bits per heavy atom. The molecule has 0 aliphatic rings. The van der Waals surface area contributed by atoms with Crippen LogP contribution in [-0.4, -0.2) is 31.1 Å². The molecular weight excluding hydrogens is 284 g/mol. The first kappa shape index (κ1) is 16.1. The van der Waals surface area contributed by atoms with Gasteiger partial charge in [-0.25, -0.2) is 0 Å². The number of methoxy groups -OCH3 is 1. The first-order valence-electron chi connectivity index (χ1n) is 6.05. The van der Waals surface area contributed by atoms with E-state index in [1.54, 1.807) is 37.1 Å². The van der Waals surface area contributed by atoms with Crippen LogP contribution in [0, 0.1) is 0 Å². The Kier molecular flexibility index (Phi) is 7.70. The van der Waals surface area contributed by atoms with E-state index < -0.39 is 0 Å². The number of nitrogens with two attached hydrogens (primary N) is 1. The molecule has 0 unspecified atom stereocenters. The number of halogens is 1. The first-order valence-corrected chi connectivity index (χ1v) is 7.58. The molecule has 0 aromatic heterocycles. The van der Waals surface area contributed by atoms with Gasteiger partial charge in [0.05, 0.1) is 17.3 Å². The van der Waals surface area contributed by atoms with Crippen molar-refractivity contribution in [3.8, 4) is 0 Å². The number of benzene rings is 1. The lowest BCUT2D eigenvalue weighted by atomic mass is 10.2. The van der Waals surface area contributed by atoms with Crippen LogP contribution in [0.4, 0.5) is 11.4 Å². The van der Waals surface area contributed by atoms with Crippen molar-refractivity contribution in [2.75, 3.05) is 36.3 Å². The molecule has 0 saturated carbocycles. The van der Waals surface area contributed by atoms with E-state index in [4.69, 9.17) is 22.1 Å². The van der Waals surface area contributed by atoms with Gasteiger partial charge >= 0.3 is 0 Å². The lowest BCUT2D eigenvalue weighted by Crippen LogP contribution is -2.11. The maximum atomic E-state index is 11.7. The molecular formula is C13H19ClN2O2S. The first-order chi connectivity index (χ1) is 9.13. The molecule has 19 heavy (non-hydrogen) atoms. The summed E-state index contributed by atoms with van der Waals surface area (Å²) in [7, 11) is 1.69. The Hall–Kier alpha value is -0.910. The molecule has 1 amide bonds. The zero-order valence-corrected chi connectivity index (χ0v) is 12.5. The van der Waals surface area contributed by atoms with Crippen molar-refractivity contribution < 1.29 is 9.53 Å². The summed E-state index contributed by atoms with van der Waals surface area (Å²) in [5.74, 6) is 1.92. The maximum absolute atomic E-state index is 11.7. The van der Waals surface area contributed by atoms with Gasteiger partial charge in [0.1, 0.15) is 0 Å². The van der Waals surface area contributed by atoms with Gasteiger partial charge < -0.3 is 15.8 Å². The summed E-state index contributed by atoms with van der Waals surface area (Å²) in [5, 5.41) is 3.29. The second-order valence-electron chi connectivity index (χ2n) is 3.99. The van der Waals surface area contributed by atoms with E-state index in [2.05, 4.69) is 5.32 Å². The summed E-state index contributed by atoms with van der Waals surface area (Å²) >= 11 is 7.60. The van der Waals surface area contributed by atoms with Crippen molar-refractivity contribution in [2.45, 2.75) is 12.8 Å². The van der Waals surface area contributed by atoms with Crippen LogP contribution in [0.5, 0.6) is 0 Å². The Balaban J connectivity index is 2.21. The van der Waals surface area contributed by atoms with E-state index in [1.807, 2.05) is 0 Å². The number of nitrogen functional groups attached to an aromatic ring is 1. The standard InChI is InChI=1S/C13H19ClN2O2S/c1-18-6-8-19-7-2-3-13(17)16-10-4-5-11(14)12(15)9-10/h4-5,9H,2-3,6-8,15H2,1H3,(H,16,17). The lowest BCUT2D eigenvalue weighted by Gasteiger charge is -2.07. The van der Waals surface area contributed by atoms with Gasteiger partial charge in [0.2, 0.25) is 5.91 Å². The van der Waals surface area contributed by atoms with Crippen LogP contribution in [0.2, 0.25) is 5.02 Å². The van der Waals surface area contributed by atoms with Crippen LogP contribution >= 0.6 is 23.4 Å². The number of hydrogen-bond donors (Lipinski definition) is 2. The van der Waals surface area contributed by atoms with E-state index in [0.29, 0.717) is 22.8 Å². The highest BCUT2D eigenvalue weighted by molar-refractivity contribution is 7.99. The van der Waals surface area contributed by atoms with Crippen LogP contribution in [0.25, 0.3) is 0 Å². The summed E-state index contributed by atoms with van der Waals surface area (Å²) < 4.78 is 4.95. The van der Waals surface area contributed by atoms with Crippen molar-refractivity contribution in [1.82, 2.24) is 0 Å². The Morgan fingerprint density at radius 2 is 2.26 bits per heavy atom. The zero-order valence-electron chi connectivity index (χ0n) is 10.9. The number of ether oxygens (including phenoxy) is 1. The van der Waals surface area contributed by atoms with Gasteiger partial charge in [-0.3, -0.25) is 4.79 Å². The molecule has 0 heterocycles. The fourth-order valence-corrected chi connectivity index (χ4v) is 2.38. The molecule has 0 fully saturated rings. The molecule has 4 nitrogen and oxygen atoms in total. The highest BCUT2D eigenvalue weighted by Gasteiger charge is 2.04. The SMILES string of the molecule is COCCSCCCC(=O)Nc1ccc(Cl)c(N)c1. The van der Waals surface area contributed by atoms with E-state index in [-0.39, 0.29) is 5.91 Å². The third-order valence-electron chi connectivity index (χ3n) is 2.40. The van der Waals surface area contributed by atoms with Gasteiger partial charge in [-0.15, -0.1) is 0 Å². The molecule has 0 bridgehead atoms. The molecule has 6 heteroatoms. The van der Waals surface area contributed by atoms with Crippen LogP contribution in [-0.2, 0) is 9.53 Å². The third-order valence-corrected chi connectivity index (χ3v) is 3.78. The second-order valence-corrected chi connectivity index (χ2v) is 5.63. The van der Waals surface area contributed by atoms with Gasteiger partial charge in [0.25, 0.3) is 0 Å². The third kappa shape index (κ3) is 6.71. The summed E-state index contributed by atoms with van der Waals surface area (Å²) in [5.41, 5.74) is 6.81. The smallest absolute Gasteiger partial charge is 0.224 e. The van der Waals surface area contributed by atoms with Gasteiger partial charge in [-0.2, -0.15) is 11.8 Å². The van der Waals surface area contributed by atoms with Crippen LogP contribution in [0.1, 0.15) is 12.8 Å². The van der Waals surface area contributed by atoms with E-state index in [1.165, 1.54) is 0 Å². The van der Waals surface area contributed by atoms with Crippen LogP contribution in [0.3, 0.4) is 0 Å². The van der Waals surface area contributed by atoms with Gasteiger partial charge in [0.15, 0.2) is 0 Å². The number of nitrogens with one attached hydrogen (secondary N) is 1. The number of amides is 1. The Bertz CT molecular complexity index is 416. The molecule has 1 rings (SSSR count). The Morgan fingerprint density at radius 3 is 2.95 bits per heavy atom. The molecule has 1 aromatic rings. The molecule has 1 aromatic carbocycles. The molecule has 0 aliphatic carbocycles. The van der Waals surface area contributed by atoms with Crippen molar-refractivity contribution >= 4 is 40.6 Å². The van der Waals surface area contributed by atoms with Gasteiger partial charge in [0, 0.05) is 25.0 Å². The highest BCUT2D eigenvalue weighted by atomic mass is 35.5. The number of thioether (sulfide) groups is 1. The van der Waals surface area contributed by atoms with Gasteiger partial charge in [-0.05, 0) is 30.4 Å². The quantitative estimate of drug-likeness (QED) is 0.572. The predicted molar refractivity (Wildman–Crippen MR) is 82.9 cm³/mol. The summed E-state index contributed by atoms with van der Waals surface area (Å²) in [6.07, 6.45) is 1.35. The molecule has 0 radical (unpaired) electrons. The summed E-state index contributed by atoms with van der Waals surface area (Å²) in [6, 6.07) is 5.07. The minimum atomic E-state index is -0.00550. The molecule has 106 valence electrons. The molecule has 0 atom stereocenters. The summed E-state index contributed by atoms with van der Waals surface area (Å²) in [4.78, 5) is 11.7. The topological polar surface area (TPSA) is 64.3 Å². The maximum Gasteiger partial charge on any atom is 0.224 e. The minimum Gasteiger partial charge on any atom is -0.397 e. The number of carbonyl (C=O) groups is 1. The summed E-state index contributed by atoms with van der Waals surface area (Å²) in [6.45, 7) is 0.751. The van der Waals surface area contributed by atoms with Crippen molar-refractivity contribution in [3.63, 3.8) is 0 Å². The normalized spacial score (nSPS) is 10.4. The van der Waals surface area contributed by atoms with E-state index >= 15 is 0 Å². The lowest BCUT2D eigenvalue weighted by molar-refractivity contribution is -0.116. The minimum absolute atomic E-state index is 0.00550. The highest BCUT2D eigenvalue weighted by Crippen LogP contribution is 2.22. The predicted octanol–water partition coefficient (Wildman–Crippen LogP) is 3.02. The fraction of sp³-hybridized carbons (Fsp3) is 0.462. The monoisotopic (exact) mass is 302 g/mol. The average molecular weight is 303 g/mol. The largest absolute Gasteiger partial charge is 0.397 e. The fourth-order valence-electron chi connectivity index (χ4n) is 1.42. The van der Waals surface area contributed by atoms with Crippen molar-refractivity contribution in [1.29, 1.82) is 0 Å². The van der Waals surface area contributed by atoms with Gasteiger partial charge in [-0.1, -0.05) is 11.6 Å². The molecule has 0 saturated heterocycles. The van der Waals surface area contributed by atoms with E-state index in [9.17, 15) is 4.79 Å². The number of anilines is 2. The number of carbonyl (C=O) groups excluding carboxylic acids is 1. The number of rotatable bonds is 8. The average Bonchev–Trinajstić information content (AvgIpc) is 2.38. The number of hydrogen-bond acceptors (Lipinski definition) is 4. The second kappa shape index (κ2) is 9.07. The van der Waals surface area contributed by atoms with E-state index in [0.717, 1.165) is 24.5 Å². The van der Waals surface area contributed by atoms with Crippen molar-refractivity contribution in [3.05, 3.63) is 23.2 Å². The van der Waals surface area contributed by atoms with Crippen LogP contribution in [0.15, 0.2) is 18.2 Å².